The Morgan fingerprint density at radius 3 is 2.50 bits per heavy atom. The number of benzene rings is 2. The number of rotatable bonds is 6. The Kier molecular flexibility index (Phi) is 6.04. The molecule has 0 aromatic heterocycles. The Morgan fingerprint density at radius 2 is 1.82 bits per heavy atom. The van der Waals surface area contributed by atoms with Gasteiger partial charge in [-0.1, -0.05) is 29.3 Å². The number of carbonyl (C=O) groups is 1. The van der Waals surface area contributed by atoms with Crippen LogP contribution in [0.3, 0.4) is 0 Å². The smallest absolute Gasteiger partial charge is 0.224 e. The largest absolute Gasteiger partial charge is 0.492 e. The summed E-state index contributed by atoms with van der Waals surface area (Å²) >= 11 is 11.7. The Balaban J connectivity index is 1.71. The molecule has 2 rings (SSSR count). The van der Waals surface area contributed by atoms with E-state index in [-0.39, 0.29) is 18.1 Å². The van der Waals surface area contributed by atoms with E-state index in [9.17, 15) is 9.18 Å². The van der Waals surface area contributed by atoms with E-state index < -0.39 is 0 Å². The number of nitrogens with one attached hydrogen (secondary N) is 1. The molecule has 0 saturated heterocycles. The molecule has 116 valence electrons. The minimum absolute atomic E-state index is 0.138. The number of hydrogen-bond acceptors (Lipinski definition) is 2. The van der Waals surface area contributed by atoms with Gasteiger partial charge in [-0.2, -0.15) is 0 Å². The highest BCUT2D eigenvalue weighted by Crippen LogP contribution is 2.22. The van der Waals surface area contributed by atoms with Gasteiger partial charge in [0.2, 0.25) is 5.91 Å². The van der Waals surface area contributed by atoms with E-state index in [1.54, 1.807) is 18.2 Å². The lowest BCUT2D eigenvalue weighted by molar-refractivity contribution is -0.120. The predicted octanol–water partition coefficient (Wildman–Crippen LogP) is 3.87. The highest BCUT2D eigenvalue weighted by molar-refractivity contribution is 6.42. The Hall–Kier alpha value is -1.78. The van der Waals surface area contributed by atoms with Crippen molar-refractivity contribution in [2.45, 2.75) is 6.42 Å². The Bertz CT molecular complexity index is 647. The molecule has 0 heterocycles. The number of hydrogen-bond donors (Lipinski definition) is 1. The summed E-state index contributed by atoms with van der Waals surface area (Å²) in [5, 5.41) is 3.61. The van der Waals surface area contributed by atoms with Crippen molar-refractivity contribution in [1.82, 2.24) is 5.32 Å². The number of amides is 1. The van der Waals surface area contributed by atoms with Crippen LogP contribution in [-0.4, -0.2) is 19.1 Å². The first kappa shape index (κ1) is 16.6. The van der Waals surface area contributed by atoms with Crippen LogP contribution in [0.15, 0.2) is 42.5 Å². The summed E-state index contributed by atoms with van der Waals surface area (Å²) in [5.74, 6) is 0.100. The van der Waals surface area contributed by atoms with E-state index in [0.717, 1.165) is 5.56 Å². The van der Waals surface area contributed by atoms with Crippen molar-refractivity contribution in [2.24, 2.45) is 0 Å². The molecule has 0 saturated carbocycles. The fourth-order valence-corrected chi connectivity index (χ4v) is 2.11. The van der Waals surface area contributed by atoms with E-state index in [2.05, 4.69) is 5.32 Å². The Labute approximate surface area is 138 Å². The van der Waals surface area contributed by atoms with Crippen molar-refractivity contribution >= 4 is 29.1 Å². The molecular formula is C16H14Cl2FNO2. The first-order valence-electron chi connectivity index (χ1n) is 6.63. The maximum atomic E-state index is 12.7. The van der Waals surface area contributed by atoms with Gasteiger partial charge in [0.25, 0.3) is 0 Å². The van der Waals surface area contributed by atoms with Crippen LogP contribution in [0.1, 0.15) is 5.56 Å². The third-order valence-electron chi connectivity index (χ3n) is 2.86. The summed E-state index contributed by atoms with van der Waals surface area (Å²) in [6, 6.07) is 10.8. The van der Waals surface area contributed by atoms with Crippen molar-refractivity contribution in [2.75, 3.05) is 13.2 Å². The molecule has 0 fully saturated rings. The van der Waals surface area contributed by atoms with E-state index in [1.807, 2.05) is 0 Å². The summed E-state index contributed by atoms with van der Waals surface area (Å²) in [6.07, 6.45) is 0.216. The first-order chi connectivity index (χ1) is 10.5. The van der Waals surface area contributed by atoms with Gasteiger partial charge in [-0.25, -0.2) is 4.39 Å². The SMILES string of the molecule is O=C(Cc1ccc(Cl)c(Cl)c1)NCCOc1ccc(F)cc1. The van der Waals surface area contributed by atoms with Gasteiger partial charge in [0.05, 0.1) is 23.0 Å². The molecule has 3 nitrogen and oxygen atoms in total. The van der Waals surface area contributed by atoms with Crippen molar-refractivity contribution in [3.05, 3.63) is 63.9 Å². The molecule has 0 unspecified atom stereocenters. The van der Waals surface area contributed by atoms with Crippen LogP contribution in [0.4, 0.5) is 4.39 Å². The van der Waals surface area contributed by atoms with Crippen LogP contribution in [0.2, 0.25) is 10.0 Å². The Morgan fingerprint density at radius 1 is 1.09 bits per heavy atom. The monoisotopic (exact) mass is 341 g/mol. The minimum atomic E-state index is -0.317. The molecule has 0 aliphatic rings. The van der Waals surface area contributed by atoms with Crippen molar-refractivity contribution in [3.8, 4) is 5.75 Å². The standard InChI is InChI=1S/C16H14Cl2FNO2/c17-14-6-1-11(9-15(14)18)10-16(21)20-7-8-22-13-4-2-12(19)3-5-13/h1-6,9H,7-8,10H2,(H,20,21). The van der Waals surface area contributed by atoms with Crippen LogP contribution >= 0.6 is 23.2 Å². The summed E-state index contributed by atoms with van der Waals surface area (Å²) in [7, 11) is 0. The summed E-state index contributed by atoms with van der Waals surface area (Å²) in [6.45, 7) is 0.663. The molecule has 0 aliphatic heterocycles. The van der Waals surface area contributed by atoms with Gasteiger partial charge in [-0.15, -0.1) is 0 Å². The molecule has 6 heteroatoms. The third-order valence-corrected chi connectivity index (χ3v) is 3.59. The zero-order valence-corrected chi connectivity index (χ0v) is 13.1. The normalized spacial score (nSPS) is 10.3. The van der Waals surface area contributed by atoms with Crippen molar-refractivity contribution < 1.29 is 13.9 Å². The van der Waals surface area contributed by atoms with Gasteiger partial charge in [0.1, 0.15) is 18.2 Å². The highest BCUT2D eigenvalue weighted by Gasteiger charge is 2.05. The second-order valence-corrected chi connectivity index (χ2v) is 5.39. The van der Waals surface area contributed by atoms with Gasteiger partial charge in [0, 0.05) is 0 Å². The van der Waals surface area contributed by atoms with Gasteiger partial charge in [-0.05, 0) is 42.0 Å². The second kappa shape index (κ2) is 8.01. The van der Waals surface area contributed by atoms with Crippen LogP contribution in [0, 0.1) is 5.82 Å². The molecule has 1 amide bonds. The van der Waals surface area contributed by atoms with Crippen LogP contribution in [-0.2, 0) is 11.2 Å². The molecule has 0 radical (unpaired) electrons. The summed E-state index contributed by atoms with van der Waals surface area (Å²) in [5.41, 5.74) is 0.784. The number of halogens is 3. The lowest BCUT2D eigenvalue weighted by atomic mass is 10.1. The fraction of sp³-hybridized carbons (Fsp3) is 0.188. The zero-order chi connectivity index (χ0) is 15.9. The zero-order valence-electron chi connectivity index (χ0n) is 11.6. The van der Waals surface area contributed by atoms with Crippen molar-refractivity contribution in [1.29, 1.82) is 0 Å². The molecule has 0 atom stereocenters. The highest BCUT2D eigenvalue weighted by atomic mass is 35.5. The summed E-state index contributed by atoms with van der Waals surface area (Å²) < 4.78 is 18.1. The lowest BCUT2D eigenvalue weighted by Gasteiger charge is -2.08. The van der Waals surface area contributed by atoms with E-state index in [0.29, 0.717) is 28.9 Å². The quantitative estimate of drug-likeness (QED) is 0.810. The predicted molar refractivity (Wildman–Crippen MR) is 85.1 cm³/mol. The molecular weight excluding hydrogens is 328 g/mol. The van der Waals surface area contributed by atoms with Gasteiger partial charge in [-0.3, -0.25) is 4.79 Å². The maximum Gasteiger partial charge on any atom is 0.224 e. The van der Waals surface area contributed by atoms with Gasteiger partial charge in [0.15, 0.2) is 0 Å². The van der Waals surface area contributed by atoms with E-state index in [4.69, 9.17) is 27.9 Å². The average Bonchev–Trinajstić information content (AvgIpc) is 2.49. The van der Waals surface area contributed by atoms with E-state index in [1.165, 1.54) is 24.3 Å². The fourth-order valence-electron chi connectivity index (χ4n) is 1.79. The number of ether oxygens (including phenoxy) is 1. The maximum absolute atomic E-state index is 12.7. The minimum Gasteiger partial charge on any atom is -0.492 e. The molecule has 0 aliphatic carbocycles. The van der Waals surface area contributed by atoms with E-state index >= 15 is 0 Å². The summed E-state index contributed by atoms with van der Waals surface area (Å²) in [4.78, 5) is 11.8. The molecule has 22 heavy (non-hydrogen) atoms. The molecule has 0 bridgehead atoms. The molecule has 0 spiro atoms. The second-order valence-electron chi connectivity index (χ2n) is 4.58. The number of carbonyl (C=O) groups excluding carboxylic acids is 1. The van der Waals surface area contributed by atoms with Crippen LogP contribution < -0.4 is 10.1 Å². The first-order valence-corrected chi connectivity index (χ1v) is 7.39. The third kappa shape index (κ3) is 5.20. The molecule has 1 N–H and O–H groups in total. The molecule has 2 aromatic rings. The molecule has 2 aromatic carbocycles. The van der Waals surface area contributed by atoms with Crippen molar-refractivity contribution in [3.63, 3.8) is 0 Å². The van der Waals surface area contributed by atoms with Gasteiger partial charge >= 0.3 is 0 Å². The van der Waals surface area contributed by atoms with Gasteiger partial charge < -0.3 is 10.1 Å². The lowest BCUT2D eigenvalue weighted by Crippen LogP contribution is -2.29. The van der Waals surface area contributed by atoms with Crippen LogP contribution in [0.5, 0.6) is 5.75 Å². The average molecular weight is 342 g/mol. The van der Waals surface area contributed by atoms with Crippen LogP contribution in [0.25, 0.3) is 0 Å². The topological polar surface area (TPSA) is 38.3 Å².